The highest BCUT2D eigenvalue weighted by atomic mass is 35.5. The fourth-order valence-corrected chi connectivity index (χ4v) is 4.37. The van der Waals surface area contributed by atoms with Crippen LogP contribution in [0.4, 0.5) is 18.9 Å². The Hall–Kier alpha value is -2.03. The minimum atomic E-state index is -4.61. The molecule has 0 atom stereocenters. The molecule has 0 aliphatic rings. The second kappa shape index (κ2) is 8.99. The van der Waals surface area contributed by atoms with Gasteiger partial charge in [-0.05, 0) is 35.6 Å². The van der Waals surface area contributed by atoms with E-state index in [9.17, 15) is 13.2 Å². The van der Waals surface area contributed by atoms with E-state index in [2.05, 4.69) is 14.7 Å². The predicted molar refractivity (Wildman–Crippen MR) is 115 cm³/mol. The first-order valence-corrected chi connectivity index (χ1v) is 10.5. The zero-order valence-electron chi connectivity index (χ0n) is 16.3. The number of rotatable bonds is 6. The number of hydrogen-bond acceptors (Lipinski definition) is 5. The molecule has 0 amide bonds. The summed E-state index contributed by atoms with van der Waals surface area (Å²) in [5.74, 6) is -0.0140. The van der Waals surface area contributed by atoms with Crippen LogP contribution in [0.25, 0.3) is 11.3 Å². The van der Waals surface area contributed by atoms with Crippen LogP contribution in [0.2, 0.25) is 10.0 Å². The lowest BCUT2D eigenvalue weighted by Gasteiger charge is -2.15. The number of nitrogens with one attached hydrogen (secondary N) is 1. The van der Waals surface area contributed by atoms with Crippen LogP contribution in [0.5, 0.6) is 5.88 Å². The van der Waals surface area contributed by atoms with Crippen molar-refractivity contribution in [3.8, 4) is 17.1 Å². The monoisotopic (exact) mass is 475 g/mol. The molecule has 0 saturated carbocycles. The molecular weight excluding hydrogens is 458 g/mol. The molecule has 4 nitrogen and oxygen atoms in total. The van der Waals surface area contributed by atoms with Crippen LogP contribution in [-0.4, -0.2) is 16.4 Å². The fourth-order valence-electron chi connectivity index (χ4n) is 2.92. The predicted octanol–water partition coefficient (Wildman–Crippen LogP) is 7.27. The normalized spacial score (nSPS) is 11.8. The smallest absolute Gasteiger partial charge is 0.435 e. The summed E-state index contributed by atoms with van der Waals surface area (Å²) in [4.78, 5) is 4.58. The third-order valence-electron chi connectivity index (χ3n) is 4.31. The van der Waals surface area contributed by atoms with Crippen molar-refractivity contribution in [2.45, 2.75) is 32.5 Å². The summed E-state index contributed by atoms with van der Waals surface area (Å²) < 4.78 is 50.0. The number of pyridine rings is 1. The second-order valence-electron chi connectivity index (χ2n) is 6.71. The summed E-state index contributed by atoms with van der Waals surface area (Å²) in [7, 11) is 1.40. The largest absolute Gasteiger partial charge is 0.473 e. The van der Waals surface area contributed by atoms with Gasteiger partial charge in [0, 0.05) is 29.1 Å². The lowest BCUT2D eigenvalue weighted by molar-refractivity contribution is -0.140. The fraction of sp³-hybridized carbons (Fsp3) is 0.300. The van der Waals surface area contributed by atoms with Crippen LogP contribution in [0.3, 0.4) is 0 Å². The van der Waals surface area contributed by atoms with E-state index in [1.165, 1.54) is 30.7 Å². The highest BCUT2D eigenvalue weighted by Gasteiger charge is 2.36. The van der Waals surface area contributed by atoms with Crippen molar-refractivity contribution in [2.24, 2.45) is 0 Å². The summed E-state index contributed by atoms with van der Waals surface area (Å²) >= 11 is 14.0. The van der Waals surface area contributed by atoms with Gasteiger partial charge in [-0.2, -0.15) is 17.5 Å². The number of halogens is 5. The lowest BCUT2D eigenvalue weighted by atomic mass is 10.0. The first-order chi connectivity index (χ1) is 14.1. The zero-order chi connectivity index (χ0) is 22.1. The average molecular weight is 476 g/mol. The minimum absolute atomic E-state index is 0.0237. The van der Waals surface area contributed by atoms with Gasteiger partial charge >= 0.3 is 6.18 Å². The van der Waals surface area contributed by atoms with E-state index in [-0.39, 0.29) is 24.1 Å². The van der Waals surface area contributed by atoms with Gasteiger partial charge in [0.2, 0.25) is 5.88 Å². The molecule has 2 aromatic heterocycles. The first kappa shape index (κ1) is 22.7. The van der Waals surface area contributed by atoms with Gasteiger partial charge in [-0.15, -0.1) is 0 Å². The molecule has 0 aliphatic heterocycles. The molecule has 0 bridgehead atoms. The molecule has 3 aromatic rings. The van der Waals surface area contributed by atoms with Gasteiger partial charge in [-0.25, -0.2) is 4.98 Å². The first-order valence-electron chi connectivity index (χ1n) is 8.95. The van der Waals surface area contributed by atoms with Crippen LogP contribution in [0, 0.1) is 0 Å². The van der Waals surface area contributed by atoms with Gasteiger partial charge in [0.05, 0.1) is 21.4 Å². The topological polar surface area (TPSA) is 47.0 Å². The molecule has 2 heterocycles. The molecule has 1 aromatic carbocycles. The van der Waals surface area contributed by atoms with E-state index < -0.39 is 11.9 Å². The molecule has 160 valence electrons. The number of hydrogen-bond donors (Lipinski definition) is 1. The molecule has 0 fully saturated rings. The van der Waals surface area contributed by atoms with Gasteiger partial charge in [0.25, 0.3) is 0 Å². The maximum Gasteiger partial charge on any atom is 0.435 e. The summed E-state index contributed by atoms with van der Waals surface area (Å²) in [5.41, 5.74) is 0.681. The van der Waals surface area contributed by atoms with Gasteiger partial charge in [-0.1, -0.05) is 43.1 Å². The Morgan fingerprint density at radius 2 is 1.80 bits per heavy atom. The van der Waals surface area contributed by atoms with Crippen LogP contribution in [-0.2, 0) is 12.8 Å². The quantitative estimate of drug-likeness (QED) is 0.406. The number of aromatic nitrogens is 2. The van der Waals surface area contributed by atoms with Crippen molar-refractivity contribution in [1.82, 2.24) is 9.36 Å². The van der Waals surface area contributed by atoms with Crippen molar-refractivity contribution >= 4 is 40.4 Å². The number of nitrogens with zero attached hydrogens (tertiary/aromatic N) is 2. The zero-order valence-corrected chi connectivity index (χ0v) is 18.6. The highest BCUT2D eigenvalue weighted by Crippen LogP contribution is 2.40. The maximum atomic E-state index is 13.3. The van der Waals surface area contributed by atoms with E-state index in [1.54, 1.807) is 18.2 Å². The van der Waals surface area contributed by atoms with Gasteiger partial charge in [-0.3, -0.25) is 0 Å². The van der Waals surface area contributed by atoms with E-state index in [1.807, 2.05) is 13.8 Å². The van der Waals surface area contributed by atoms with E-state index >= 15 is 0 Å². The Labute approximate surface area is 186 Å². The Balaban J connectivity index is 1.99. The van der Waals surface area contributed by atoms with Crippen LogP contribution < -0.4 is 10.1 Å². The number of ether oxygens (including phenoxy) is 1. The Bertz CT molecular complexity index is 1030. The van der Waals surface area contributed by atoms with Crippen molar-refractivity contribution < 1.29 is 17.9 Å². The summed E-state index contributed by atoms with van der Waals surface area (Å²) in [6, 6.07) is 7.81. The maximum absolute atomic E-state index is 13.3. The number of alkyl halides is 3. The van der Waals surface area contributed by atoms with Crippen LogP contribution in [0.1, 0.15) is 35.9 Å². The molecule has 0 unspecified atom stereocenters. The minimum Gasteiger partial charge on any atom is -0.473 e. The Morgan fingerprint density at radius 3 is 2.37 bits per heavy atom. The van der Waals surface area contributed by atoms with Crippen molar-refractivity contribution in [2.75, 3.05) is 12.4 Å². The summed E-state index contributed by atoms with van der Waals surface area (Å²) in [6.07, 6.45) is -4.61. The van der Waals surface area contributed by atoms with Gasteiger partial charge < -0.3 is 10.1 Å². The van der Waals surface area contributed by atoms with Crippen molar-refractivity contribution in [3.05, 3.63) is 56.5 Å². The van der Waals surface area contributed by atoms with E-state index in [4.69, 9.17) is 27.9 Å². The van der Waals surface area contributed by atoms with Crippen LogP contribution in [0.15, 0.2) is 30.3 Å². The molecule has 0 radical (unpaired) electrons. The third kappa shape index (κ3) is 4.66. The molecule has 30 heavy (non-hydrogen) atoms. The molecule has 10 heteroatoms. The molecule has 0 aliphatic carbocycles. The molecule has 0 spiro atoms. The van der Waals surface area contributed by atoms with Gasteiger partial charge in [0.1, 0.15) is 6.61 Å². The van der Waals surface area contributed by atoms with Crippen molar-refractivity contribution in [1.29, 1.82) is 0 Å². The molecular formula is C20H18Cl2F3N3OS. The second-order valence-corrected chi connectivity index (χ2v) is 8.33. The standard InChI is InChI=1S/C20H18Cl2F3N3OS/c1-10(2)18-11(17(28-30-18)16-12(21)5-4-6-13(16)22)9-29-15-8-7-14(26-3)19(27-15)20(23,24)25/h4-8,10,26H,9H2,1-3H3. The number of anilines is 1. The molecule has 1 N–H and O–H groups in total. The summed E-state index contributed by atoms with van der Waals surface area (Å²) in [5, 5.41) is 3.35. The van der Waals surface area contributed by atoms with Crippen LogP contribution >= 0.6 is 34.7 Å². The van der Waals surface area contributed by atoms with E-state index in [0.717, 1.165) is 10.4 Å². The van der Waals surface area contributed by atoms with Gasteiger partial charge in [0.15, 0.2) is 5.69 Å². The van der Waals surface area contributed by atoms with Crippen molar-refractivity contribution in [3.63, 3.8) is 0 Å². The Morgan fingerprint density at radius 1 is 1.13 bits per heavy atom. The molecule has 0 saturated heterocycles. The third-order valence-corrected chi connectivity index (χ3v) is 6.13. The average Bonchev–Trinajstić information content (AvgIpc) is 3.09. The highest BCUT2D eigenvalue weighted by molar-refractivity contribution is 7.06. The Kier molecular flexibility index (Phi) is 6.79. The van der Waals surface area contributed by atoms with E-state index in [0.29, 0.717) is 21.3 Å². The summed E-state index contributed by atoms with van der Waals surface area (Å²) in [6.45, 7) is 3.97. The molecule has 3 rings (SSSR count). The number of benzene rings is 1. The SMILES string of the molecule is CNc1ccc(OCc2c(-c3c(Cl)cccc3Cl)nsc2C(C)C)nc1C(F)(F)F. The lowest BCUT2D eigenvalue weighted by Crippen LogP contribution is -2.12.